The Hall–Kier alpha value is -6.64. The van der Waals surface area contributed by atoms with Crippen molar-refractivity contribution < 1.29 is 14.4 Å². The van der Waals surface area contributed by atoms with Crippen LogP contribution in [0.15, 0.2) is 64.6 Å². The SMILES string of the molecule is C=NC(=Nc1c(C)c2cc(C(N)=O)ccc2n1C/C=C/Cn1c(NC(=O)c2cc(C)nn2CC)nc2cc(C(N)=O)cc(C)c21)c1cc(C)nn1CC. The average molecular weight is 715 g/mol. The Morgan fingerprint density at radius 2 is 1.45 bits per heavy atom. The minimum atomic E-state index is -0.572. The quantitative estimate of drug-likeness (QED) is 0.0890. The summed E-state index contributed by atoms with van der Waals surface area (Å²) in [6, 6.07) is 12.3. The summed E-state index contributed by atoms with van der Waals surface area (Å²) < 4.78 is 7.38. The van der Waals surface area contributed by atoms with E-state index in [0.29, 0.717) is 66.1 Å². The summed E-state index contributed by atoms with van der Waals surface area (Å²) in [4.78, 5) is 51.7. The predicted molar refractivity (Wildman–Crippen MR) is 206 cm³/mol. The van der Waals surface area contributed by atoms with Gasteiger partial charge in [0.1, 0.15) is 17.2 Å². The third kappa shape index (κ3) is 6.88. The molecule has 15 heteroatoms. The van der Waals surface area contributed by atoms with Crippen LogP contribution in [-0.4, -0.2) is 64.0 Å². The molecule has 3 amide bonds. The number of nitrogens with zero attached hydrogens (tertiary/aromatic N) is 9. The Morgan fingerprint density at radius 3 is 2.08 bits per heavy atom. The molecule has 0 spiro atoms. The van der Waals surface area contributed by atoms with Gasteiger partial charge in [0.15, 0.2) is 5.84 Å². The highest BCUT2D eigenvalue weighted by Crippen LogP contribution is 2.34. The van der Waals surface area contributed by atoms with Gasteiger partial charge < -0.3 is 20.6 Å². The van der Waals surface area contributed by atoms with Crippen molar-refractivity contribution in [1.82, 2.24) is 33.7 Å². The van der Waals surface area contributed by atoms with Gasteiger partial charge in [0.05, 0.1) is 27.9 Å². The summed E-state index contributed by atoms with van der Waals surface area (Å²) in [6.07, 6.45) is 3.95. The number of fused-ring (bicyclic) bond motifs is 2. The number of amidine groups is 1. The molecule has 5 N–H and O–H groups in total. The van der Waals surface area contributed by atoms with Crippen LogP contribution < -0.4 is 16.8 Å². The zero-order valence-corrected chi connectivity index (χ0v) is 30.6. The number of amides is 3. The van der Waals surface area contributed by atoms with E-state index < -0.39 is 11.8 Å². The van der Waals surface area contributed by atoms with E-state index in [1.807, 2.05) is 79.6 Å². The summed E-state index contributed by atoms with van der Waals surface area (Å²) in [5.41, 5.74) is 18.4. The van der Waals surface area contributed by atoms with Gasteiger partial charge in [0, 0.05) is 48.3 Å². The van der Waals surface area contributed by atoms with Crippen molar-refractivity contribution in [3.63, 3.8) is 0 Å². The maximum absolute atomic E-state index is 13.5. The molecule has 6 aromatic rings. The van der Waals surface area contributed by atoms with E-state index in [4.69, 9.17) is 21.4 Å². The number of carbonyl (C=O) groups is 3. The van der Waals surface area contributed by atoms with Gasteiger partial charge >= 0.3 is 0 Å². The highest BCUT2D eigenvalue weighted by atomic mass is 16.2. The zero-order valence-electron chi connectivity index (χ0n) is 30.6. The van der Waals surface area contributed by atoms with Crippen LogP contribution in [0, 0.1) is 27.7 Å². The number of rotatable bonds is 12. The Bertz CT molecular complexity index is 2510. The largest absolute Gasteiger partial charge is 0.366 e. The van der Waals surface area contributed by atoms with Crippen molar-refractivity contribution in [2.75, 3.05) is 5.32 Å². The molecule has 53 heavy (non-hydrogen) atoms. The molecule has 0 fully saturated rings. The Balaban J connectivity index is 1.41. The first kappa shape index (κ1) is 36.2. The molecule has 0 saturated carbocycles. The second-order valence-electron chi connectivity index (χ2n) is 12.7. The second kappa shape index (κ2) is 14.5. The van der Waals surface area contributed by atoms with E-state index in [1.165, 1.54) is 0 Å². The van der Waals surface area contributed by atoms with Crippen LogP contribution in [0.5, 0.6) is 0 Å². The average Bonchev–Trinajstić information content (AvgIpc) is 3.87. The fourth-order valence-electron chi connectivity index (χ4n) is 6.62. The number of aryl methyl sites for hydroxylation is 6. The molecule has 15 nitrogen and oxygen atoms in total. The fraction of sp³-hybridized carbons (Fsp3) is 0.263. The van der Waals surface area contributed by atoms with Crippen molar-refractivity contribution in [3.8, 4) is 0 Å². The number of allylic oxidation sites excluding steroid dienone is 2. The van der Waals surface area contributed by atoms with Gasteiger partial charge in [0.2, 0.25) is 17.8 Å². The molecule has 0 aliphatic carbocycles. The van der Waals surface area contributed by atoms with Crippen molar-refractivity contribution in [2.24, 2.45) is 21.5 Å². The lowest BCUT2D eigenvalue weighted by Gasteiger charge is -2.11. The van der Waals surface area contributed by atoms with Gasteiger partial charge in [-0.1, -0.05) is 12.2 Å². The van der Waals surface area contributed by atoms with Gasteiger partial charge in [-0.15, -0.1) is 0 Å². The first-order valence-corrected chi connectivity index (χ1v) is 17.2. The van der Waals surface area contributed by atoms with Crippen molar-refractivity contribution in [1.29, 1.82) is 0 Å². The third-order valence-corrected chi connectivity index (χ3v) is 9.08. The number of aromatic nitrogens is 7. The van der Waals surface area contributed by atoms with Crippen LogP contribution in [-0.2, 0) is 26.2 Å². The van der Waals surface area contributed by atoms with Crippen molar-refractivity contribution >= 4 is 64.0 Å². The number of primary amides is 2. The summed E-state index contributed by atoms with van der Waals surface area (Å²) in [6.45, 7) is 17.1. The molecule has 4 heterocycles. The molecule has 2 aromatic carbocycles. The first-order chi connectivity index (χ1) is 25.3. The standard InChI is InChI=1S/C38H42N12O3/c1-8-49-30(17-22(4)45-49)35(41-7)43-36-24(6)27-19-25(33(39)51)12-13-29(27)47(36)14-10-11-15-48-32-21(3)16-26(34(40)52)20-28(32)42-38(48)44-37(53)31-18-23(5)46-50(31)9-2/h10-13,16-20H,7-9,14-15H2,1-6H3,(H2,39,51)(H2,40,52)(H,42,44,53)/b11-10+,43-35?. The van der Waals surface area contributed by atoms with E-state index in [9.17, 15) is 14.4 Å². The number of carbonyl (C=O) groups excluding carboxylic acids is 3. The minimum absolute atomic E-state index is 0.303. The van der Waals surface area contributed by atoms with Crippen molar-refractivity contribution in [2.45, 2.75) is 67.7 Å². The van der Waals surface area contributed by atoms with Gasteiger partial charge in [-0.05, 0) is 96.3 Å². The zero-order chi connectivity index (χ0) is 38.1. The molecule has 4 aromatic heterocycles. The lowest BCUT2D eigenvalue weighted by molar-refractivity contribution is 0.0992. The van der Waals surface area contributed by atoms with E-state index in [-0.39, 0.29) is 5.91 Å². The molecule has 0 atom stereocenters. The lowest BCUT2D eigenvalue weighted by atomic mass is 10.1. The van der Waals surface area contributed by atoms with Crippen LogP contribution in [0.1, 0.15) is 73.3 Å². The molecular formula is C38H42N12O3. The number of imidazole rings is 1. The monoisotopic (exact) mass is 714 g/mol. The maximum atomic E-state index is 13.5. The molecular weight excluding hydrogens is 672 g/mol. The molecule has 0 aliphatic rings. The number of benzene rings is 2. The molecule has 0 saturated heterocycles. The van der Waals surface area contributed by atoms with E-state index in [1.54, 1.807) is 35.0 Å². The summed E-state index contributed by atoms with van der Waals surface area (Å²) in [7, 11) is 0. The Morgan fingerprint density at radius 1 is 0.830 bits per heavy atom. The minimum Gasteiger partial charge on any atom is -0.366 e. The summed E-state index contributed by atoms with van der Waals surface area (Å²) in [5.74, 6) is -0.112. The number of nitrogens with one attached hydrogen (secondary N) is 1. The predicted octanol–water partition coefficient (Wildman–Crippen LogP) is 5.14. The van der Waals surface area contributed by atoms with Crippen LogP contribution in [0.4, 0.5) is 11.8 Å². The van der Waals surface area contributed by atoms with Gasteiger partial charge in [-0.25, -0.2) is 15.0 Å². The molecule has 0 radical (unpaired) electrons. The van der Waals surface area contributed by atoms with Crippen LogP contribution >= 0.6 is 0 Å². The topological polar surface area (TPSA) is 198 Å². The van der Waals surface area contributed by atoms with E-state index >= 15 is 0 Å². The van der Waals surface area contributed by atoms with Crippen LogP contribution in [0.2, 0.25) is 0 Å². The van der Waals surface area contributed by atoms with Crippen molar-refractivity contribution in [3.05, 3.63) is 99.6 Å². The Labute approximate surface area is 305 Å². The molecule has 0 bridgehead atoms. The smallest absolute Gasteiger partial charge is 0.276 e. The van der Waals surface area contributed by atoms with Crippen LogP contribution in [0.3, 0.4) is 0 Å². The highest BCUT2D eigenvalue weighted by Gasteiger charge is 2.21. The Kier molecular flexibility index (Phi) is 9.92. The van der Waals surface area contributed by atoms with Gasteiger partial charge in [-0.2, -0.15) is 10.2 Å². The van der Waals surface area contributed by atoms with Gasteiger partial charge in [0.25, 0.3) is 5.91 Å². The second-order valence-corrected chi connectivity index (χ2v) is 12.7. The number of anilines is 1. The molecule has 0 aliphatic heterocycles. The maximum Gasteiger partial charge on any atom is 0.276 e. The third-order valence-electron chi connectivity index (χ3n) is 9.08. The van der Waals surface area contributed by atoms with Gasteiger partial charge in [-0.3, -0.25) is 29.1 Å². The molecule has 6 rings (SSSR count). The summed E-state index contributed by atoms with van der Waals surface area (Å²) >= 11 is 0. The molecule has 272 valence electrons. The van der Waals surface area contributed by atoms with Crippen LogP contribution in [0.25, 0.3) is 21.9 Å². The highest BCUT2D eigenvalue weighted by molar-refractivity contribution is 6.05. The summed E-state index contributed by atoms with van der Waals surface area (Å²) in [5, 5.41) is 12.7. The lowest BCUT2D eigenvalue weighted by Crippen LogP contribution is -2.20. The normalized spacial score (nSPS) is 12.0. The number of nitrogens with two attached hydrogens (primary N) is 2. The molecule has 0 unspecified atom stereocenters. The van der Waals surface area contributed by atoms with E-state index in [0.717, 1.165) is 44.6 Å². The first-order valence-electron chi connectivity index (χ1n) is 17.2. The number of hydrogen-bond acceptors (Lipinski definition) is 7. The number of hydrogen-bond donors (Lipinski definition) is 3. The number of aliphatic imine (C=N–C) groups is 2. The fourth-order valence-corrected chi connectivity index (χ4v) is 6.62. The van der Waals surface area contributed by atoms with E-state index in [2.05, 4.69) is 27.2 Å².